The van der Waals surface area contributed by atoms with Crippen LogP contribution >= 0.6 is 11.3 Å². The van der Waals surface area contributed by atoms with Crippen molar-refractivity contribution in [3.8, 4) is 0 Å². The van der Waals surface area contributed by atoms with Crippen LogP contribution in [0.4, 0.5) is 16.8 Å². The molecule has 1 fully saturated rings. The quantitative estimate of drug-likeness (QED) is 0.349. The second-order valence-electron chi connectivity index (χ2n) is 8.57. The second kappa shape index (κ2) is 10.3. The van der Waals surface area contributed by atoms with Gasteiger partial charge in [0.05, 0.1) is 15.1 Å². The van der Waals surface area contributed by atoms with Gasteiger partial charge < -0.3 is 16.4 Å². The Morgan fingerprint density at radius 3 is 2.67 bits per heavy atom. The molecule has 0 saturated carbocycles. The molecule has 9 nitrogen and oxygen atoms in total. The van der Waals surface area contributed by atoms with Crippen LogP contribution in [0.2, 0.25) is 0 Å². The van der Waals surface area contributed by atoms with Gasteiger partial charge in [-0.05, 0) is 61.3 Å². The number of fused-ring (bicyclic) bond motifs is 1. The van der Waals surface area contributed by atoms with Gasteiger partial charge in [0.25, 0.3) is 0 Å². The molecule has 0 aliphatic carbocycles. The number of aromatic nitrogens is 3. The fraction of sp³-hybridized carbons (Fsp3) is 0.240. The number of nitrogen functional groups attached to an aromatic ring is 1. The summed E-state index contributed by atoms with van der Waals surface area (Å²) >= 11 is 1.46. The molecule has 0 unspecified atom stereocenters. The van der Waals surface area contributed by atoms with E-state index in [1.54, 1.807) is 35.8 Å². The number of thiazole rings is 1. The van der Waals surface area contributed by atoms with Crippen LogP contribution in [0.15, 0.2) is 53.7 Å². The molecule has 1 aliphatic heterocycles. The molecule has 1 aliphatic rings. The van der Waals surface area contributed by atoms with E-state index in [1.165, 1.54) is 11.3 Å². The molecule has 4 N–H and O–H groups in total. The van der Waals surface area contributed by atoms with Gasteiger partial charge in [0.15, 0.2) is 5.13 Å². The van der Waals surface area contributed by atoms with Crippen LogP contribution in [0.25, 0.3) is 22.4 Å². The maximum absolute atomic E-state index is 13.1. The summed E-state index contributed by atoms with van der Waals surface area (Å²) in [6, 6.07) is 11.2. The molecule has 2 aromatic heterocycles. The number of anilines is 3. The van der Waals surface area contributed by atoms with Gasteiger partial charge in [-0.3, -0.25) is 0 Å². The van der Waals surface area contributed by atoms with Gasteiger partial charge in [0.1, 0.15) is 0 Å². The fourth-order valence-corrected chi connectivity index (χ4v) is 6.56. The third-order valence-electron chi connectivity index (χ3n) is 5.92. The average molecular weight is 522 g/mol. The number of aryl methyl sites for hydroxylation is 1. The van der Waals surface area contributed by atoms with E-state index in [2.05, 4.69) is 25.6 Å². The first-order chi connectivity index (χ1) is 17.4. The van der Waals surface area contributed by atoms with Crippen molar-refractivity contribution >= 4 is 60.5 Å². The Hall–Kier alpha value is -3.38. The van der Waals surface area contributed by atoms with Crippen molar-refractivity contribution in [2.45, 2.75) is 18.2 Å². The summed E-state index contributed by atoms with van der Waals surface area (Å²) in [7, 11) is -3.53. The highest BCUT2D eigenvalue weighted by molar-refractivity contribution is 7.89. The van der Waals surface area contributed by atoms with Crippen molar-refractivity contribution in [1.29, 1.82) is 0 Å². The van der Waals surface area contributed by atoms with E-state index in [0.29, 0.717) is 41.2 Å². The number of nitrogens with zero attached hydrogens (tertiary/aromatic N) is 4. The minimum Gasteiger partial charge on any atom is -0.375 e. The van der Waals surface area contributed by atoms with E-state index in [1.807, 2.05) is 36.4 Å². The minimum atomic E-state index is -3.53. The summed E-state index contributed by atoms with van der Waals surface area (Å²) in [5.41, 5.74) is 9.98. The summed E-state index contributed by atoms with van der Waals surface area (Å²) in [4.78, 5) is 13.4. The van der Waals surface area contributed by atoms with Gasteiger partial charge >= 0.3 is 0 Å². The summed E-state index contributed by atoms with van der Waals surface area (Å²) in [5.74, 6) is 0.433. The van der Waals surface area contributed by atoms with Crippen LogP contribution in [-0.2, 0) is 10.0 Å². The number of nitrogens with two attached hydrogens (primary N) is 1. The number of nitrogens with one attached hydrogen (secondary N) is 2. The Kier molecular flexibility index (Phi) is 6.97. The third kappa shape index (κ3) is 5.39. The normalized spacial score (nSPS) is 15.4. The molecule has 11 heteroatoms. The fourth-order valence-electron chi connectivity index (χ4n) is 4.09. The number of rotatable bonds is 6. The topological polar surface area (TPSA) is 126 Å². The van der Waals surface area contributed by atoms with Crippen molar-refractivity contribution in [3.63, 3.8) is 0 Å². The van der Waals surface area contributed by atoms with E-state index >= 15 is 0 Å². The lowest BCUT2D eigenvalue weighted by molar-refractivity contribution is 0.431. The van der Waals surface area contributed by atoms with Crippen molar-refractivity contribution in [2.75, 3.05) is 37.2 Å². The van der Waals surface area contributed by atoms with Crippen LogP contribution in [0.3, 0.4) is 0 Å². The molecule has 4 aromatic rings. The summed E-state index contributed by atoms with van der Waals surface area (Å²) in [6.07, 6.45) is 8.20. The first-order valence-corrected chi connectivity index (χ1v) is 13.9. The Balaban J connectivity index is 1.26. The van der Waals surface area contributed by atoms with Crippen LogP contribution in [0, 0.1) is 6.92 Å². The zero-order valence-electron chi connectivity index (χ0n) is 19.8. The molecule has 0 radical (unpaired) electrons. The predicted octanol–water partition coefficient (Wildman–Crippen LogP) is 3.87. The molecule has 0 amide bonds. The maximum Gasteiger partial charge on any atom is 0.243 e. The summed E-state index contributed by atoms with van der Waals surface area (Å²) in [6.45, 7) is 4.31. The molecule has 36 heavy (non-hydrogen) atoms. The molecular formula is C25H27N7O2S2. The van der Waals surface area contributed by atoms with Gasteiger partial charge in [-0.1, -0.05) is 29.6 Å². The zero-order chi connectivity index (χ0) is 25.1. The monoisotopic (exact) mass is 521 g/mol. The van der Waals surface area contributed by atoms with E-state index in [-0.39, 0.29) is 0 Å². The van der Waals surface area contributed by atoms with Gasteiger partial charge in [0, 0.05) is 43.3 Å². The Labute approximate surface area is 214 Å². The second-order valence-corrected chi connectivity index (χ2v) is 11.5. The summed E-state index contributed by atoms with van der Waals surface area (Å²) < 4.78 is 28.9. The lowest BCUT2D eigenvalue weighted by atomic mass is 10.2. The van der Waals surface area contributed by atoms with Gasteiger partial charge in [-0.25, -0.2) is 23.4 Å². The molecule has 3 heterocycles. The van der Waals surface area contributed by atoms with Crippen LogP contribution in [0.1, 0.15) is 23.1 Å². The molecule has 5 rings (SSSR count). The number of sulfonamides is 1. The SMILES string of the molecule is Cc1cc(Nc2ncc(C=Cc3ccc4nc(N)sc4c3)cn2)ccc1S(=O)(=O)N1CCCNCC1. The lowest BCUT2D eigenvalue weighted by Gasteiger charge is -2.21. The molecule has 1 saturated heterocycles. The van der Waals surface area contributed by atoms with Crippen molar-refractivity contribution in [3.05, 3.63) is 65.5 Å². The number of hydrogen-bond acceptors (Lipinski definition) is 9. The standard InChI is InChI=1S/C25H27N7O2S2/c1-17-13-20(6-8-23(17)36(33,34)32-11-2-9-27-10-12-32)30-25-28-15-19(16-29-25)4-3-18-5-7-21-22(14-18)35-24(26)31-21/h3-8,13-16,27H,2,9-12H2,1H3,(H2,26,31)(H,28,29,30). The Morgan fingerprint density at radius 1 is 1.06 bits per heavy atom. The van der Waals surface area contributed by atoms with Crippen molar-refractivity contribution < 1.29 is 8.42 Å². The maximum atomic E-state index is 13.1. The molecular weight excluding hydrogens is 494 g/mol. The molecule has 186 valence electrons. The van der Waals surface area contributed by atoms with Gasteiger partial charge in [-0.2, -0.15) is 4.31 Å². The van der Waals surface area contributed by atoms with Crippen LogP contribution in [0.5, 0.6) is 0 Å². The molecule has 0 spiro atoms. The summed E-state index contributed by atoms with van der Waals surface area (Å²) in [5, 5.41) is 6.95. The first-order valence-electron chi connectivity index (χ1n) is 11.6. The zero-order valence-corrected chi connectivity index (χ0v) is 21.4. The Bertz CT molecular complexity index is 1510. The minimum absolute atomic E-state index is 0.329. The molecule has 2 aromatic carbocycles. The smallest absolute Gasteiger partial charge is 0.243 e. The largest absolute Gasteiger partial charge is 0.375 e. The highest BCUT2D eigenvalue weighted by Gasteiger charge is 2.26. The molecule has 0 bridgehead atoms. The highest BCUT2D eigenvalue weighted by atomic mass is 32.2. The van der Waals surface area contributed by atoms with E-state index in [9.17, 15) is 8.42 Å². The average Bonchev–Trinajstić information content (AvgIpc) is 3.04. The number of benzene rings is 2. The predicted molar refractivity (Wildman–Crippen MR) is 146 cm³/mol. The van der Waals surface area contributed by atoms with Crippen molar-refractivity contribution in [2.24, 2.45) is 0 Å². The van der Waals surface area contributed by atoms with E-state index in [0.717, 1.165) is 40.0 Å². The van der Waals surface area contributed by atoms with E-state index < -0.39 is 10.0 Å². The van der Waals surface area contributed by atoms with Crippen LogP contribution in [-0.4, -0.2) is 53.9 Å². The lowest BCUT2D eigenvalue weighted by Crippen LogP contribution is -2.34. The third-order valence-corrected chi connectivity index (χ3v) is 8.82. The highest BCUT2D eigenvalue weighted by Crippen LogP contribution is 2.26. The van der Waals surface area contributed by atoms with E-state index in [4.69, 9.17) is 5.73 Å². The first kappa shape index (κ1) is 24.3. The number of hydrogen-bond donors (Lipinski definition) is 3. The Morgan fingerprint density at radius 2 is 1.86 bits per heavy atom. The van der Waals surface area contributed by atoms with Crippen LogP contribution < -0.4 is 16.4 Å². The van der Waals surface area contributed by atoms with Gasteiger partial charge in [-0.15, -0.1) is 0 Å². The molecule has 0 atom stereocenters. The van der Waals surface area contributed by atoms with Gasteiger partial charge in [0.2, 0.25) is 16.0 Å². The van der Waals surface area contributed by atoms with Crippen molar-refractivity contribution in [1.82, 2.24) is 24.6 Å².